The molecule has 0 bridgehead atoms. The first-order valence-electron chi connectivity index (χ1n) is 12.8. The molecule has 1 aliphatic heterocycles. The highest BCUT2D eigenvalue weighted by atomic mass is 32.1. The molecule has 0 spiro atoms. The molecule has 2 aromatic carbocycles. The van der Waals surface area contributed by atoms with Crippen molar-refractivity contribution in [1.29, 1.82) is 0 Å². The number of amides is 2. The van der Waals surface area contributed by atoms with Crippen molar-refractivity contribution >= 4 is 51.9 Å². The largest absolute Gasteiger partial charge is 0.491 e. The first-order chi connectivity index (χ1) is 19.0. The Morgan fingerprint density at radius 1 is 1.21 bits per heavy atom. The summed E-state index contributed by atoms with van der Waals surface area (Å²) in [5.41, 5.74) is 3.94. The summed E-state index contributed by atoms with van der Waals surface area (Å²) < 4.78 is 11.9. The van der Waals surface area contributed by atoms with Crippen LogP contribution >= 0.6 is 11.3 Å². The van der Waals surface area contributed by atoms with Gasteiger partial charge in [-0.15, -0.1) is 11.3 Å². The number of thiophene rings is 1. The molecule has 0 saturated carbocycles. The molecule has 4 aromatic rings. The molecule has 1 saturated heterocycles. The number of nitrogens with zero attached hydrogens (tertiary/aromatic N) is 2. The standard InChI is InChI=1S/C29H31N5O4S/c1-19-12-17-39-28(19)29(36)31-26-20(8-10-23-21-6-3-4-7-22(21)32-33-23)9-11-24(27(26)37-2)38-16-5-14-34-15-13-30-25(35)18-34/h3-4,6-12,17H,5,13-16,18H2,1-2H3,(H,30,35)(H,31,36)(H,32,33). The molecule has 9 nitrogen and oxygen atoms in total. The molecule has 0 unspecified atom stereocenters. The van der Waals surface area contributed by atoms with Gasteiger partial charge in [0, 0.05) is 30.6 Å². The van der Waals surface area contributed by atoms with Gasteiger partial charge < -0.3 is 20.1 Å². The van der Waals surface area contributed by atoms with Gasteiger partial charge in [0.25, 0.3) is 5.91 Å². The van der Waals surface area contributed by atoms with E-state index in [9.17, 15) is 9.59 Å². The summed E-state index contributed by atoms with van der Waals surface area (Å²) in [7, 11) is 1.56. The average molecular weight is 546 g/mol. The van der Waals surface area contributed by atoms with Crippen LogP contribution in [0.4, 0.5) is 5.69 Å². The number of carbonyl (C=O) groups is 2. The van der Waals surface area contributed by atoms with Crippen molar-refractivity contribution in [2.45, 2.75) is 13.3 Å². The van der Waals surface area contributed by atoms with Crippen LogP contribution in [0.2, 0.25) is 0 Å². The van der Waals surface area contributed by atoms with E-state index in [4.69, 9.17) is 9.47 Å². The van der Waals surface area contributed by atoms with Gasteiger partial charge >= 0.3 is 0 Å². The van der Waals surface area contributed by atoms with Crippen LogP contribution in [0.25, 0.3) is 23.1 Å². The van der Waals surface area contributed by atoms with Crippen molar-refractivity contribution in [2.24, 2.45) is 0 Å². The fraction of sp³-hybridized carbons (Fsp3) is 0.276. The second-order valence-electron chi connectivity index (χ2n) is 9.26. The first kappa shape index (κ1) is 26.5. The lowest BCUT2D eigenvalue weighted by Crippen LogP contribution is -2.47. The SMILES string of the molecule is COc1c(OCCCN2CCNC(=O)C2)ccc(C=Cc2n[nH]c3ccccc23)c1NC(=O)c1sccc1C. The van der Waals surface area contributed by atoms with Gasteiger partial charge in [-0.2, -0.15) is 5.10 Å². The number of benzene rings is 2. The topological polar surface area (TPSA) is 109 Å². The van der Waals surface area contributed by atoms with Gasteiger partial charge in [-0.05, 0) is 54.6 Å². The Morgan fingerprint density at radius 2 is 2.08 bits per heavy atom. The van der Waals surface area contributed by atoms with Crippen LogP contribution in [-0.2, 0) is 4.79 Å². The number of carbonyl (C=O) groups excluding carboxylic acids is 2. The van der Waals surface area contributed by atoms with Crippen molar-refractivity contribution in [3.8, 4) is 11.5 Å². The highest BCUT2D eigenvalue weighted by Crippen LogP contribution is 2.40. The summed E-state index contributed by atoms with van der Waals surface area (Å²) >= 11 is 1.39. The summed E-state index contributed by atoms with van der Waals surface area (Å²) in [6, 6.07) is 13.6. The van der Waals surface area contributed by atoms with Crippen LogP contribution in [0.1, 0.15) is 32.9 Å². The summed E-state index contributed by atoms with van der Waals surface area (Å²) in [4.78, 5) is 27.6. The summed E-state index contributed by atoms with van der Waals surface area (Å²) in [6.45, 7) is 5.03. The molecule has 1 aliphatic rings. The number of anilines is 1. The normalized spacial score (nSPS) is 14.1. The number of H-pyrrole nitrogens is 1. The molecule has 5 rings (SSSR count). The number of piperazine rings is 1. The Balaban J connectivity index is 1.39. The van der Waals surface area contributed by atoms with E-state index in [-0.39, 0.29) is 11.8 Å². The second kappa shape index (κ2) is 12.1. The van der Waals surface area contributed by atoms with Gasteiger partial charge in [0.05, 0.1) is 42.0 Å². The molecule has 0 aliphatic carbocycles. The molecule has 2 aromatic heterocycles. The lowest BCUT2D eigenvalue weighted by molar-refractivity contribution is -0.124. The maximum Gasteiger partial charge on any atom is 0.266 e. The molecule has 10 heteroatoms. The van der Waals surface area contributed by atoms with Gasteiger partial charge in [-0.25, -0.2) is 0 Å². The number of fused-ring (bicyclic) bond motifs is 1. The van der Waals surface area contributed by atoms with Gasteiger partial charge in [-0.3, -0.25) is 19.6 Å². The van der Waals surface area contributed by atoms with Crippen molar-refractivity contribution < 1.29 is 19.1 Å². The quantitative estimate of drug-likeness (QED) is 0.252. The Morgan fingerprint density at radius 3 is 2.87 bits per heavy atom. The molecule has 3 N–H and O–H groups in total. The second-order valence-corrected chi connectivity index (χ2v) is 10.2. The fourth-order valence-electron chi connectivity index (χ4n) is 4.57. The molecule has 3 heterocycles. The van der Waals surface area contributed by atoms with E-state index in [1.54, 1.807) is 7.11 Å². The molecule has 39 heavy (non-hydrogen) atoms. The molecule has 202 valence electrons. The number of methoxy groups -OCH3 is 1. The molecular formula is C29H31N5O4S. The van der Waals surface area contributed by atoms with Crippen LogP contribution in [-0.4, -0.2) is 66.8 Å². The minimum atomic E-state index is -0.207. The van der Waals surface area contributed by atoms with E-state index in [2.05, 4.69) is 25.7 Å². The molecule has 0 radical (unpaired) electrons. The van der Waals surface area contributed by atoms with Gasteiger partial charge in [0.1, 0.15) is 0 Å². The third-order valence-electron chi connectivity index (χ3n) is 6.58. The van der Waals surface area contributed by atoms with E-state index >= 15 is 0 Å². The maximum atomic E-state index is 13.2. The molecule has 2 amide bonds. The number of hydrogen-bond acceptors (Lipinski definition) is 7. The van der Waals surface area contributed by atoms with Gasteiger partial charge in [-0.1, -0.05) is 24.3 Å². The average Bonchev–Trinajstić information content (AvgIpc) is 3.56. The van der Waals surface area contributed by atoms with E-state index < -0.39 is 0 Å². The lowest BCUT2D eigenvalue weighted by atomic mass is 10.1. The zero-order valence-electron chi connectivity index (χ0n) is 22.0. The first-order valence-corrected chi connectivity index (χ1v) is 13.7. The fourth-order valence-corrected chi connectivity index (χ4v) is 5.39. The minimum Gasteiger partial charge on any atom is -0.491 e. The number of aromatic amines is 1. The van der Waals surface area contributed by atoms with Crippen LogP contribution in [0.15, 0.2) is 47.8 Å². The van der Waals surface area contributed by atoms with E-state index in [0.717, 1.165) is 47.2 Å². The lowest BCUT2D eigenvalue weighted by Gasteiger charge is -2.26. The number of aromatic nitrogens is 2. The Bertz CT molecular complexity index is 1510. The smallest absolute Gasteiger partial charge is 0.266 e. The highest BCUT2D eigenvalue weighted by molar-refractivity contribution is 7.12. The van der Waals surface area contributed by atoms with Crippen LogP contribution in [0.5, 0.6) is 11.5 Å². The predicted octanol–water partition coefficient (Wildman–Crippen LogP) is 4.56. The number of aryl methyl sites for hydroxylation is 1. The van der Waals surface area contributed by atoms with Gasteiger partial charge in [0.15, 0.2) is 11.5 Å². The van der Waals surface area contributed by atoms with Crippen LogP contribution < -0.4 is 20.1 Å². The van der Waals surface area contributed by atoms with Crippen molar-refractivity contribution in [3.63, 3.8) is 0 Å². The third kappa shape index (κ3) is 6.13. The molecule has 1 fully saturated rings. The Labute approximate surface area is 230 Å². The monoisotopic (exact) mass is 545 g/mol. The third-order valence-corrected chi connectivity index (χ3v) is 7.59. The number of hydrogen-bond donors (Lipinski definition) is 3. The summed E-state index contributed by atoms with van der Waals surface area (Å²) in [5.74, 6) is 0.830. The van der Waals surface area contributed by atoms with Crippen molar-refractivity contribution in [1.82, 2.24) is 20.4 Å². The Kier molecular flexibility index (Phi) is 8.24. The predicted molar refractivity (Wildman–Crippen MR) is 155 cm³/mol. The van der Waals surface area contributed by atoms with E-state index in [0.29, 0.717) is 41.8 Å². The highest BCUT2D eigenvalue weighted by Gasteiger charge is 2.20. The zero-order chi connectivity index (χ0) is 27.2. The summed E-state index contributed by atoms with van der Waals surface area (Å²) in [6.07, 6.45) is 4.57. The van der Waals surface area contributed by atoms with Gasteiger partial charge in [0.2, 0.25) is 5.91 Å². The van der Waals surface area contributed by atoms with E-state index in [1.807, 2.05) is 66.9 Å². The number of rotatable bonds is 10. The minimum absolute atomic E-state index is 0.0525. The van der Waals surface area contributed by atoms with Crippen molar-refractivity contribution in [3.05, 3.63) is 69.5 Å². The molecule has 0 atom stereocenters. The van der Waals surface area contributed by atoms with Crippen LogP contribution in [0, 0.1) is 6.92 Å². The Hall–Kier alpha value is -4.15. The molecular weight excluding hydrogens is 514 g/mol. The number of nitrogens with one attached hydrogen (secondary N) is 3. The van der Waals surface area contributed by atoms with E-state index in [1.165, 1.54) is 11.3 Å². The van der Waals surface area contributed by atoms with Crippen molar-refractivity contribution in [2.75, 3.05) is 45.2 Å². The summed E-state index contributed by atoms with van der Waals surface area (Å²) in [5, 5.41) is 16.3. The number of para-hydroxylation sites is 1. The number of ether oxygens (including phenoxy) is 2. The zero-order valence-corrected chi connectivity index (χ0v) is 22.8. The maximum absolute atomic E-state index is 13.2. The van der Waals surface area contributed by atoms with Crippen LogP contribution in [0.3, 0.4) is 0 Å².